The van der Waals surface area contributed by atoms with Crippen LogP contribution in [0.2, 0.25) is 0 Å². The van der Waals surface area contributed by atoms with Crippen molar-refractivity contribution in [3.63, 3.8) is 0 Å². The van der Waals surface area contributed by atoms with Crippen molar-refractivity contribution in [3.05, 3.63) is 394 Å². The summed E-state index contributed by atoms with van der Waals surface area (Å²) in [4.78, 5) is 44.7. The van der Waals surface area contributed by atoms with Gasteiger partial charge in [0.25, 0.3) is 28.6 Å². The number of para-hydroxylation sites is 6. The molecule has 0 fully saturated rings. The van der Waals surface area contributed by atoms with Gasteiger partial charge in [-0.2, -0.15) is 13.7 Å². The molecule has 0 unspecified atom stereocenters. The Labute approximate surface area is 765 Å². The first kappa shape index (κ1) is 72.3. The highest BCUT2D eigenvalue weighted by molar-refractivity contribution is 7.25. The number of imidazole rings is 5. The second-order valence-electron chi connectivity index (χ2n) is 33.6. The Hall–Kier alpha value is -17.7. The lowest BCUT2D eigenvalue weighted by atomic mass is 10.1. The first-order valence-corrected chi connectivity index (χ1v) is 44.8. The largest absolute Gasteiger partial charge is 0.417 e. The molecule has 24 nitrogen and oxygen atoms in total. The fourth-order valence-electron chi connectivity index (χ4n) is 20.9. The highest BCUT2D eigenvalue weighted by atomic mass is 32.1. The summed E-state index contributed by atoms with van der Waals surface area (Å²) >= 11 is 1.81. The van der Waals surface area contributed by atoms with E-state index < -0.39 is 6.98 Å². The summed E-state index contributed by atoms with van der Waals surface area (Å²) in [5.74, 6) is 5.64. The molecular weight excluding hydrogens is 1670 g/mol. The van der Waals surface area contributed by atoms with E-state index in [0.717, 1.165) is 127 Å². The molecule has 26 aromatic rings. The number of fused-ring (bicyclic) bond motifs is 35. The molecule has 25 heteroatoms. The maximum atomic E-state index is 8.22. The Balaban J connectivity index is 0.0000000864. The Morgan fingerprint density at radius 2 is 0.571 bits per heavy atom. The van der Waals surface area contributed by atoms with Crippen LogP contribution in [-0.2, 0) is 46.7 Å². The molecule has 0 saturated carbocycles. The minimum atomic E-state index is -2.33. The van der Waals surface area contributed by atoms with E-state index in [1.807, 2.05) is 165 Å². The zero-order chi connectivity index (χ0) is 90.1. The lowest BCUT2D eigenvalue weighted by Crippen LogP contribution is -2.33. The Morgan fingerprint density at radius 3 is 1.01 bits per heavy atom. The third-order valence-corrected chi connectivity index (χ3v) is 27.6. The van der Waals surface area contributed by atoms with Crippen molar-refractivity contribution in [3.8, 4) is 91.1 Å². The number of hydrogen-bond acceptors (Lipinski definition) is 12. The number of aromatic nitrogens is 23. The number of pyridine rings is 10. The van der Waals surface area contributed by atoms with Crippen LogP contribution < -0.4 is 22.8 Å². The standard InChI is InChI=1S/C26H18N5.2C21H16N5.C20H13N4O.C20H13N4S/c1-3-7-19(8-4-1)30-23-16-28-14-12-21(23)24-26(30)29-17-18-11-13-27-15-22(18)25(29)31(24)20-9-5-2-6-10-20;2*1-24-18-12-23-10-8-16(18)19-21(24)25-13-14-7-9-22-11-17(14)20(25)26(19)15-5-3-2-4-6-15;2*1-2-4-14(5-3-1)24-18-15-7-9-22-11-17(15)25-20(18)23-12-13-6-8-21-10-16(13)19(23)24/h1-16H,17H2;2*2-12H,13H2,1H3;2*1-11H,12H2/q5*+1/i;1D3;;;. The van der Waals surface area contributed by atoms with Gasteiger partial charge in [-0.05, 0) is 133 Å². The van der Waals surface area contributed by atoms with Crippen LogP contribution in [-0.4, -0.2) is 86.4 Å². The zero-order valence-corrected chi connectivity index (χ0v) is 72.1. The van der Waals surface area contributed by atoms with E-state index in [9.17, 15) is 0 Å². The van der Waals surface area contributed by atoms with Gasteiger partial charge in [0.2, 0.25) is 27.8 Å². The number of hydrogen-bond donors (Lipinski definition) is 0. The molecule has 630 valence electrons. The van der Waals surface area contributed by atoms with Gasteiger partial charge in [-0.1, -0.05) is 121 Å². The summed E-state index contributed by atoms with van der Waals surface area (Å²) in [5.41, 5.74) is 32.0. The van der Waals surface area contributed by atoms with Gasteiger partial charge >= 0.3 is 5.71 Å². The molecule has 0 N–H and O–H groups in total. The van der Waals surface area contributed by atoms with Crippen molar-refractivity contribution in [2.45, 2.75) is 32.7 Å². The molecule has 31 rings (SSSR count). The molecule has 0 radical (unpaired) electrons. The zero-order valence-electron chi connectivity index (χ0n) is 74.3. The predicted octanol–water partition coefficient (Wildman–Crippen LogP) is 18.6. The van der Waals surface area contributed by atoms with Gasteiger partial charge < -0.3 is 4.42 Å². The number of aryl methyl sites for hydroxylation is 2. The van der Waals surface area contributed by atoms with Gasteiger partial charge in [-0.15, -0.1) is 0 Å². The molecule has 0 spiro atoms. The van der Waals surface area contributed by atoms with E-state index in [2.05, 4.69) is 300 Å². The van der Waals surface area contributed by atoms with Crippen LogP contribution in [0.25, 0.3) is 200 Å². The number of thiophene rings is 1. The van der Waals surface area contributed by atoms with E-state index in [0.29, 0.717) is 17.7 Å². The summed E-state index contributed by atoms with van der Waals surface area (Å²) in [7, 11) is 2.12. The normalized spacial score (nSPS) is 13.0. The quantitative estimate of drug-likeness (QED) is 0.143. The van der Waals surface area contributed by atoms with Gasteiger partial charge in [0, 0.05) is 132 Å². The first-order valence-electron chi connectivity index (χ1n) is 45.5. The molecule has 0 aliphatic carbocycles. The molecule has 25 heterocycles. The lowest BCUT2D eigenvalue weighted by molar-refractivity contribution is -0.652. The molecule has 5 aliphatic heterocycles. The smallest absolute Gasteiger partial charge is 0.340 e. The molecule has 0 bridgehead atoms. The Bertz CT molecular complexity index is 9150. The first-order chi connectivity index (χ1) is 67.1. The van der Waals surface area contributed by atoms with Gasteiger partial charge in [0.15, 0.2) is 27.6 Å². The highest BCUT2D eigenvalue weighted by Crippen LogP contribution is 2.46. The van der Waals surface area contributed by atoms with E-state index in [-0.39, 0.29) is 0 Å². The molecule has 6 aromatic carbocycles. The van der Waals surface area contributed by atoms with Gasteiger partial charge in [0.05, 0.1) is 117 Å². The van der Waals surface area contributed by atoms with Crippen LogP contribution in [0.4, 0.5) is 0 Å². The fourth-order valence-corrected chi connectivity index (χ4v) is 22.1. The van der Waals surface area contributed by atoms with Crippen LogP contribution >= 0.6 is 11.3 Å². The van der Waals surface area contributed by atoms with Gasteiger partial charge in [0.1, 0.15) is 63.8 Å². The summed E-state index contributed by atoms with van der Waals surface area (Å²) < 4.78 is 61.2. The van der Waals surface area contributed by atoms with Gasteiger partial charge in [-0.25, -0.2) is 36.5 Å². The minimum absolute atomic E-state index is 0.601. The summed E-state index contributed by atoms with van der Waals surface area (Å²) in [6, 6.07) is 83.3. The number of rotatable bonds is 6. The average Bonchev–Trinajstić information content (AvgIpc) is 1.54. The summed E-state index contributed by atoms with van der Waals surface area (Å²) in [6.45, 7) is 1.63. The molecule has 133 heavy (non-hydrogen) atoms. The van der Waals surface area contributed by atoms with Crippen LogP contribution in [0.1, 0.15) is 31.9 Å². The molecule has 0 atom stereocenters. The maximum Gasteiger partial charge on any atom is 0.340 e. The summed E-state index contributed by atoms with van der Waals surface area (Å²) in [5, 5.41) is 5.59. The second-order valence-corrected chi connectivity index (χ2v) is 34.6. The third-order valence-electron chi connectivity index (χ3n) is 26.5. The van der Waals surface area contributed by atoms with E-state index in [1.165, 1.54) is 120 Å². The lowest BCUT2D eigenvalue weighted by Gasteiger charge is -2.04. The maximum absolute atomic E-state index is 8.22. The monoisotopic (exact) mass is 1750 g/mol. The molecule has 20 aromatic heterocycles. The SMILES string of the molecule is Cn1c2cnccc2c2c1[n+]1c(n2-c2ccccc2)-c2cnccc2C1.[2H]C([2H])([2H])n1c2cnccc2c2c1[n+]1c(n2-c2ccccc2)-c2cnccc2C1.c1ccc(-n2c3[n+](c4c2c2ccncc2n4-c2ccccc2)Cc2ccncc2-3)cc1.c1ccc(-n2c3[n+](c4oc5cnccc5c42)Cc2ccncc2-3)cc1.c1ccc(-n2c3[n+](c4sc5cnccc5c42)Cc2ccncc2-3)cc1. The van der Waals surface area contributed by atoms with Crippen molar-refractivity contribution in [1.82, 2.24) is 86.4 Å². The van der Waals surface area contributed by atoms with Crippen molar-refractivity contribution in [2.75, 3.05) is 0 Å². The van der Waals surface area contributed by atoms with Crippen LogP contribution in [0, 0.1) is 0 Å². The van der Waals surface area contributed by atoms with E-state index in [4.69, 9.17) is 8.53 Å². The van der Waals surface area contributed by atoms with Crippen LogP contribution in [0.5, 0.6) is 0 Å². The van der Waals surface area contributed by atoms with E-state index >= 15 is 0 Å². The highest BCUT2D eigenvalue weighted by Gasteiger charge is 2.44. The topological polar surface area (TPSA) is 201 Å². The number of nitrogens with zero attached hydrogens (tertiary/aromatic N) is 23. The van der Waals surface area contributed by atoms with Crippen molar-refractivity contribution < 1.29 is 31.4 Å². The van der Waals surface area contributed by atoms with Crippen LogP contribution in [0.15, 0.2) is 371 Å². The van der Waals surface area contributed by atoms with Crippen molar-refractivity contribution >= 4 is 120 Å². The molecular formula is C108H76N23OS+5. The molecule has 0 saturated heterocycles. The van der Waals surface area contributed by atoms with Crippen molar-refractivity contribution in [1.29, 1.82) is 0 Å². The number of benzene rings is 6. The predicted molar refractivity (Wildman–Crippen MR) is 513 cm³/mol. The second kappa shape index (κ2) is 30.0. The third kappa shape index (κ3) is 11.4. The van der Waals surface area contributed by atoms with E-state index in [1.54, 1.807) is 24.8 Å². The number of furan rings is 1. The van der Waals surface area contributed by atoms with Crippen LogP contribution in [0.3, 0.4) is 0 Å². The van der Waals surface area contributed by atoms with Gasteiger partial charge in [-0.3, -0.25) is 59.0 Å². The Kier molecular flexibility index (Phi) is 16.3. The summed E-state index contributed by atoms with van der Waals surface area (Å²) in [6.07, 6.45) is 37.4. The Morgan fingerprint density at radius 1 is 0.271 bits per heavy atom. The van der Waals surface area contributed by atoms with Crippen molar-refractivity contribution in [2.24, 2.45) is 14.0 Å². The fraction of sp³-hybridized carbons (Fsp3) is 0.0648. The molecule has 0 amide bonds. The average molecular weight is 1750 g/mol. The molecule has 5 aliphatic rings. The minimum Gasteiger partial charge on any atom is -0.417 e.